The van der Waals surface area contributed by atoms with Crippen molar-refractivity contribution in [3.8, 4) is 28.6 Å². The highest BCUT2D eigenvalue weighted by atomic mass is 79.9. The van der Waals surface area contributed by atoms with Crippen LogP contribution in [0.1, 0.15) is 15.9 Å². The van der Waals surface area contributed by atoms with Gasteiger partial charge in [0.05, 0.1) is 18.7 Å². The van der Waals surface area contributed by atoms with E-state index in [1.54, 1.807) is 26.4 Å². The molecule has 152 valence electrons. The summed E-state index contributed by atoms with van der Waals surface area (Å²) in [6.07, 6.45) is 0.781. The highest BCUT2D eigenvalue weighted by molar-refractivity contribution is 9.10. The largest absolute Gasteiger partial charge is 0.493 e. The fourth-order valence-electron chi connectivity index (χ4n) is 3.23. The molecule has 0 bridgehead atoms. The second-order valence-electron chi connectivity index (χ2n) is 6.60. The summed E-state index contributed by atoms with van der Waals surface area (Å²) >= 11 is 3.60. The average molecular weight is 467 g/mol. The van der Waals surface area contributed by atoms with Crippen LogP contribution in [-0.4, -0.2) is 20.5 Å². The molecule has 4 rings (SSSR count). The van der Waals surface area contributed by atoms with Crippen molar-refractivity contribution in [2.75, 3.05) is 14.2 Å². The number of ether oxygens (including phenoxy) is 3. The van der Waals surface area contributed by atoms with Gasteiger partial charge < -0.3 is 18.6 Å². The second kappa shape index (κ2) is 8.63. The standard InChI is InChI=1S/C24H19BrO5/c1-27-20-12-17(8-9-19(20)29-14-15-6-4-3-5-7-15)23-22(25)18-10-16(13-26)11-21(28-2)24(18)30-23/h3-13H,14H2,1-2H3. The summed E-state index contributed by atoms with van der Waals surface area (Å²) in [5.41, 5.74) is 2.95. The lowest BCUT2D eigenvalue weighted by Gasteiger charge is -2.12. The van der Waals surface area contributed by atoms with Crippen LogP contribution in [0.15, 0.2) is 69.6 Å². The van der Waals surface area contributed by atoms with Gasteiger partial charge in [-0.05, 0) is 51.8 Å². The van der Waals surface area contributed by atoms with Crippen LogP contribution in [0.2, 0.25) is 0 Å². The SMILES string of the molecule is COc1cc(-c2oc3c(OC)cc(C=O)cc3c2Br)ccc1OCc1ccccc1. The minimum atomic E-state index is 0.441. The Morgan fingerprint density at radius 2 is 1.70 bits per heavy atom. The van der Waals surface area contributed by atoms with E-state index in [0.717, 1.165) is 27.3 Å². The minimum absolute atomic E-state index is 0.441. The number of benzene rings is 3. The number of furan rings is 1. The van der Waals surface area contributed by atoms with Gasteiger partial charge in [0, 0.05) is 16.5 Å². The zero-order valence-corrected chi connectivity index (χ0v) is 18.1. The Labute approximate surface area is 182 Å². The van der Waals surface area contributed by atoms with E-state index < -0.39 is 0 Å². The molecular formula is C24H19BrO5. The first-order chi connectivity index (χ1) is 14.6. The Bertz CT molecular complexity index is 1200. The highest BCUT2D eigenvalue weighted by Gasteiger charge is 2.19. The molecular weight excluding hydrogens is 448 g/mol. The number of rotatable bonds is 7. The van der Waals surface area contributed by atoms with E-state index in [0.29, 0.717) is 40.8 Å². The number of carbonyl (C=O) groups excluding carboxylic acids is 1. The smallest absolute Gasteiger partial charge is 0.177 e. The van der Waals surface area contributed by atoms with Crippen molar-refractivity contribution in [3.63, 3.8) is 0 Å². The maximum atomic E-state index is 11.3. The first kappa shape index (κ1) is 20.0. The summed E-state index contributed by atoms with van der Waals surface area (Å²) in [7, 11) is 3.14. The number of halogens is 1. The van der Waals surface area contributed by atoms with Crippen molar-refractivity contribution in [3.05, 3.63) is 76.3 Å². The zero-order valence-electron chi connectivity index (χ0n) is 16.5. The predicted octanol–water partition coefficient (Wildman–Crippen LogP) is 6.27. The molecule has 0 saturated heterocycles. The van der Waals surface area contributed by atoms with Gasteiger partial charge in [-0.1, -0.05) is 30.3 Å². The lowest BCUT2D eigenvalue weighted by molar-refractivity contribution is 0.112. The van der Waals surface area contributed by atoms with E-state index in [-0.39, 0.29) is 0 Å². The van der Waals surface area contributed by atoms with Crippen LogP contribution in [0.3, 0.4) is 0 Å². The quantitative estimate of drug-likeness (QED) is 0.300. The number of aldehydes is 1. The van der Waals surface area contributed by atoms with E-state index >= 15 is 0 Å². The lowest BCUT2D eigenvalue weighted by Crippen LogP contribution is -1.97. The van der Waals surface area contributed by atoms with Crippen molar-refractivity contribution < 1.29 is 23.4 Å². The summed E-state index contributed by atoms with van der Waals surface area (Å²) in [6, 6.07) is 19.0. The molecule has 6 heteroatoms. The van der Waals surface area contributed by atoms with E-state index in [9.17, 15) is 4.79 Å². The van der Waals surface area contributed by atoms with Crippen molar-refractivity contribution in [2.24, 2.45) is 0 Å². The van der Waals surface area contributed by atoms with E-state index in [2.05, 4.69) is 15.9 Å². The molecule has 0 fully saturated rings. The Balaban J connectivity index is 1.71. The molecule has 3 aromatic carbocycles. The van der Waals surface area contributed by atoms with Gasteiger partial charge in [-0.15, -0.1) is 0 Å². The van der Waals surface area contributed by atoms with Gasteiger partial charge in [0.25, 0.3) is 0 Å². The van der Waals surface area contributed by atoms with Gasteiger partial charge in [0.1, 0.15) is 18.7 Å². The van der Waals surface area contributed by atoms with Crippen molar-refractivity contribution in [1.82, 2.24) is 0 Å². The summed E-state index contributed by atoms with van der Waals surface area (Å²) in [5, 5.41) is 0.759. The molecule has 30 heavy (non-hydrogen) atoms. The van der Waals surface area contributed by atoms with Gasteiger partial charge in [0.2, 0.25) is 0 Å². The Hall–Kier alpha value is -3.25. The fourth-order valence-corrected chi connectivity index (χ4v) is 3.83. The molecule has 4 aromatic rings. The average Bonchev–Trinajstić information content (AvgIpc) is 3.14. The van der Waals surface area contributed by atoms with Crippen LogP contribution >= 0.6 is 15.9 Å². The third-order valence-corrected chi connectivity index (χ3v) is 5.52. The normalized spacial score (nSPS) is 10.8. The molecule has 0 N–H and O–H groups in total. The Kier molecular flexibility index (Phi) is 5.77. The minimum Gasteiger partial charge on any atom is -0.493 e. The first-order valence-electron chi connectivity index (χ1n) is 9.25. The zero-order chi connectivity index (χ0) is 21.1. The number of carbonyl (C=O) groups is 1. The summed E-state index contributed by atoms with van der Waals surface area (Å²) in [4.78, 5) is 11.3. The fraction of sp³-hybridized carbons (Fsp3) is 0.125. The van der Waals surface area contributed by atoms with Gasteiger partial charge in [0.15, 0.2) is 22.8 Å². The maximum absolute atomic E-state index is 11.3. The summed E-state index contributed by atoms with van der Waals surface area (Å²) < 4.78 is 23.7. The highest BCUT2D eigenvalue weighted by Crippen LogP contribution is 2.43. The summed E-state index contributed by atoms with van der Waals surface area (Å²) in [6.45, 7) is 0.441. The van der Waals surface area contributed by atoms with Crippen LogP contribution in [0.25, 0.3) is 22.3 Å². The third-order valence-electron chi connectivity index (χ3n) is 4.74. The summed E-state index contributed by atoms with van der Waals surface area (Å²) in [5.74, 6) is 2.34. The molecule has 0 atom stereocenters. The molecule has 1 aromatic heterocycles. The van der Waals surface area contributed by atoms with Crippen LogP contribution in [-0.2, 0) is 6.61 Å². The molecule has 0 spiro atoms. The van der Waals surface area contributed by atoms with Crippen molar-refractivity contribution in [1.29, 1.82) is 0 Å². The Morgan fingerprint density at radius 3 is 2.40 bits per heavy atom. The number of hydrogen-bond donors (Lipinski definition) is 0. The van der Waals surface area contributed by atoms with Crippen molar-refractivity contribution in [2.45, 2.75) is 6.61 Å². The molecule has 0 unspecified atom stereocenters. The van der Waals surface area contributed by atoms with Crippen LogP contribution < -0.4 is 14.2 Å². The Morgan fingerprint density at radius 1 is 0.933 bits per heavy atom. The van der Waals surface area contributed by atoms with Crippen LogP contribution in [0.5, 0.6) is 17.2 Å². The third kappa shape index (κ3) is 3.78. The van der Waals surface area contributed by atoms with Gasteiger partial charge >= 0.3 is 0 Å². The lowest BCUT2D eigenvalue weighted by atomic mass is 10.1. The molecule has 1 heterocycles. The topological polar surface area (TPSA) is 57.9 Å². The second-order valence-corrected chi connectivity index (χ2v) is 7.40. The number of methoxy groups -OCH3 is 2. The number of hydrogen-bond acceptors (Lipinski definition) is 5. The first-order valence-corrected chi connectivity index (χ1v) is 10.0. The molecule has 0 radical (unpaired) electrons. The molecule has 5 nitrogen and oxygen atoms in total. The molecule has 0 aliphatic heterocycles. The van der Waals surface area contributed by atoms with E-state index in [4.69, 9.17) is 18.6 Å². The van der Waals surface area contributed by atoms with Crippen LogP contribution in [0, 0.1) is 0 Å². The van der Waals surface area contributed by atoms with Gasteiger partial charge in [-0.3, -0.25) is 4.79 Å². The molecule has 0 aliphatic carbocycles. The van der Waals surface area contributed by atoms with Crippen molar-refractivity contribution >= 4 is 33.2 Å². The van der Waals surface area contributed by atoms with E-state index in [1.807, 2.05) is 48.5 Å². The van der Waals surface area contributed by atoms with E-state index in [1.165, 1.54) is 0 Å². The van der Waals surface area contributed by atoms with Gasteiger partial charge in [-0.25, -0.2) is 0 Å². The monoisotopic (exact) mass is 466 g/mol. The maximum Gasteiger partial charge on any atom is 0.177 e. The van der Waals surface area contributed by atoms with Gasteiger partial charge in [-0.2, -0.15) is 0 Å². The molecule has 0 amide bonds. The number of fused-ring (bicyclic) bond motifs is 1. The van der Waals surface area contributed by atoms with Crippen LogP contribution in [0.4, 0.5) is 0 Å². The molecule has 0 aliphatic rings. The molecule has 0 saturated carbocycles. The predicted molar refractivity (Wildman–Crippen MR) is 119 cm³/mol.